The molecule has 3 rings (SSSR count). The zero-order valence-corrected chi connectivity index (χ0v) is 20.0. The average molecular weight is 460 g/mol. The number of ether oxygens (including phenoxy) is 1. The summed E-state index contributed by atoms with van der Waals surface area (Å²) in [6, 6.07) is 11.8. The molecular weight excluding hydrogens is 426 g/mol. The monoisotopic (exact) mass is 459 g/mol. The molecule has 32 heavy (non-hydrogen) atoms. The van der Waals surface area contributed by atoms with E-state index in [1.165, 1.54) is 26.0 Å². The summed E-state index contributed by atoms with van der Waals surface area (Å²) in [5.41, 5.74) is 1.21. The van der Waals surface area contributed by atoms with Crippen molar-refractivity contribution in [3.05, 3.63) is 53.6 Å². The summed E-state index contributed by atoms with van der Waals surface area (Å²) in [5.74, 6) is 0.894. The quantitative estimate of drug-likeness (QED) is 0.629. The van der Waals surface area contributed by atoms with Gasteiger partial charge in [0.1, 0.15) is 5.75 Å². The van der Waals surface area contributed by atoms with Crippen LogP contribution in [-0.4, -0.2) is 52.0 Å². The van der Waals surface area contributed by atoms with Crippen molar-refractivity contribution in [3.8, 4) is 5.75 Å². The largest absolute Gasteiger partial charge is 0.495 e. The van der Waals surface area contributed by atoms with E-state index in [2.05, 4.69) is 28.8 Å². The standard InChI is InChI=1S/C24H33N3O4S/c1-17-11-13-27(14-12-17)19(3)16-25-24(28)20-10-9-18(2)23(15-20)32(29,30)26-21-7-5-6-8-22(21)31-4/h5-10,15,17,19,26H,11-14,16H2,1-4H3,(H,25,28). The van der Waals surface area contributed by atoms with Gasteiger partial charge in [-0.05, 0) is 75.5 Å². The predicted octanol–water partition coefficient (Wildman–Crippen LogP) is 3.65. The Hall–Kier alpha value is -2.58. The summed E-state index contributed by atoms with van der Waals surface area (Å²) >= 11 is 0. The minimum Gasteiger partial charge on any atom is -0.495 e. The number of hydrogen-bond donors (Lipinski definition) is 2. The second-order valence-electron chi connectivity index (χ2n) is 8.56. The smallest absolute Gasteiger partial charge is 0.262 e. The van der Waals surface area contributed by atoms with Crippen molar-refractivity contribution in [2.75, 3.05) is 31.5 Å². The maximum Gasteiger partial charge on any atom is 0.262 e. The number of nitrogens with one attached hydrogen (secondary N) is 2. The molecule has 2 N–H and O–H groups in total. The number of rotatable bonds is 8. The van der Waals surface area contributed by atoms with Crippen molar-refractivity contribution >= 4 is 21.6 Å². The molecule has 174 valence electrons. The number of methoxy groups -OCH3 is 1. The minimum atomic E-state index is -3.90. The van der Waals surface area contributed by atoms with E-state index in [9.17, 15) is 13.2 Å². The van der Waals surface area contributed by atoms with Crippen LogP contribution < -0.4 is 14.8 Å². The fraction of sp³-hybridized carbons (Fsp3) is 0.458. The number of anilines is 1. The molecule has 0 radical (unpaired) electrons. The van der Waals surface area contributed by atoms with Crippen LogP contribution in [-0.2, 0) is 10.0 Å². The van der Waals surface area contributed by atoms with Crippen LogP contribution in [0.3, 0.4) is 0 Å². The van der Waals surface area contributed by atoms with Crippen LogP contribution >= 0.6 is 0 Å². The third kappa shape index (κ3) is 5.81. The first-order valence-corrected chi connectivity index (χ1v) is 12.5. The van der Waals surface area contributed by atoms with Crippen LogP contribution in [0.25, 0.3) is 0 Å². The van der Waals surface area contributed by atoms with Gasteiger partial charge in [0, 0.05) is 18.2 Å². The van der Waals surface area contributed by atoms with Crippen LogP contribution in [0.1, 0.15) is 42.6 Å². The summed E-state index contributed by atoms with van der Waals surface area (Å²) in [5, 5.41) is 2.96. The summed E-state index contributed by atoms with van der Waals surface area (Å²) < 4.78 is 33.9. The molecule has 0 saturated carbocycles. The van der Waals surface area contributed by atoms with E-state index >= 15 is 0 Å². The van der Waals surface area contributed by atoms with Crippen molar-refractivity contribution in [3.63, 3.8) is 0 Å². The lowest BCUT2D eigenvalue weighted by atomic mass is 9.98. The lowest BCUT2D eigenvalue weighted by Gasteiger charge is -2.35. The van der Waals surface area contributed by atoms with Crippen LogP contribution in [0.4, 0.5) is 5.69 Å². The molecular formula is C24H33N3O4S. The van der Waals surface area contributed by atoms with Crippen molar-refractivity contribution in [2.45, 2.75) is 44.6 Å². The first-order valence-electron chi connectivity index (χ1n) is 11.0. The van der Waals surface area contributed by atoms with Crippen LogP contribution in [0, 0.1) is 12.8 Å². The third-order valence-electron chi connectivity index (χ3n) is 6.09. The number of amides is 1. The Labute approximate surface area is 191 Å². The molecule has 0 bridgehead atoms. The molecule has 8 heteroatoms. The highest BCUT2D eigenvalue weighted by Crippen LogP contribution is 2.27. The lowest BCUT2D eigenvalue weighted by Crippen LogP contribution is -2.45. The number of likely N-dealkylation sites (tertiary alicyclic amines) is 1. The number of carbonyl (C=O) groups is 1. The average Bonchev–Trinajstić information content (AvgIpc) is 2.78. The van der Waals surface area contributed by atoms with Gasteiger partial charge in [0.05, 0.1) is 17.7 Å². The van der Waals surface area contributed by atoms with Gasteiger partial charge >= 0.3 is 0 Å². The topological polar surface area (TPSA) is 87.7 Å². The van der Waals surface area contributed by atoms with Gasteiger partial charge in [0.15, 0.2) is 0 Å². The molecule has 1 saturated heterocycles. The maximum absolute atomic E-state index is 13.1. The predicted molar refractivity (Wildman–Crippen MR) is 127 cm³/mol. The molecule has 2 aromatic carbocycles. The van der Waals surface area contributed by atoms with Gasteiger partial charge in [-0.2, -0.15) is 0 Å². The number of aryl methyl sites for hydroxylation is 1. The third-order valence-corrected chi connectivity index (χ3v) is 7.60. The molecule has 0 aliphatic carbocycles. The Morgan fingerprint density at radius 2 is 1.88 bits per heavy atom. The van der Waals surface area contributed by atoms with Crippen molar-refractivity contribution in [1.29, 1.82) is 0 Å². The zero-order valence-electron chi connectivity index (χ0n) is 19.2. The number of piperidine rings is 1. The molecule has 1 aliphatic rings. The molecule has 0 aromatic heterocycles. The normalized spacial score (nSPS) is 16.4. The number of para-hydroxylation sites is 2. The van der Waals surface area contributed by atoms with Gasteiger partial charge in [0.25, 0.3) is 15.9 Å². The SMILES string of the molecule is COc1ccccc1NS(=O)(=O)c1cc(C(=O)NCC(C)N2CCC(C)CC2)ccc1C. The molecule has 1 amide bonds. The van der Waals surface area contributed by atoms with Gasteiger partial charge in [-0.1, -0.05) is 25.1 Å². The van der Waals surface area contributed by atoms with Crippen molar-refractivity contribution < 1.29 is 17.9 Å². The summed E-state index contributed by atoms with van der Waals surface area (Å²) in [6.45, 7) is 8.69. The van der Waals surface area contributed by atoms with Gasteiger partial charge in [-0.15, -0.1) is 0 Å². The van der Waals surface area contributed by atoms with E-state index in [1.807, 2.05) is 0 Å². The molecule has 1 unspecified atom stereocenters. The van der Waals surface area contributed by atoms with Gasteiger partial charge in [0.2, 0.25) is 0 Å². The maximum atomic E-state index is 13.1. The Bertz CT molecular complexity index is 1050. The minimum absolute atomic E-state index is 0.0640. The fourth-order valence-electron chi connectivity index (χ4n) is 3.90. The molecule has 7 nitrogen and oxygen atoms in total. The van der Waals surface area contributed by atoms with Crippen molar-refractivity contribution in [1.82, 2.24) is 10.2 Å². The molecule has 2 aromatic rings. The van der Waals surface area contributed by atoms with E-state index in [-0.39, 0.29) is 16.8 Å². The molecule has 0 spiro atoms. The fourth-order valence-corrected chi connectivity index (χ4v) is 5.24. The highest BCUT2D eigenvalue weighted by atomic mass is 32.2. The van der Waals surface area contributed by atoms with Gasteiger partial charge < -0.3 is 10.1 Å². The molecule has 1 aliphatic heterocycles. The molecule has 1 fully saturated rings. The van der Waals surface area contributed by atoms with E-state index < -0.39 is 10.0 Å². The summed E-state index contributed by atoms with van der Waals surface area (Å²) in [6.07, 6.45) is 2.35. The number of sulfonamides is 1. The van der Waals surface area contributed by atoms with E-state index in [1.54, 1.807) is 43.3 Å². The van der Waals surface area contributed by atoms with Crippen LogP contribution in [0.2, 0.25) is 0 Å². The van der Waals surface area contributed by atoms with Gasteiger partial charge in [-0.25, -0.2) is 8.42 Å². The van der Waals surface area contributed by atoms with Crippen LogP contribution in [0.5, 0.6) is 5.75 Å². The van der Waals surface area contributed by atoms with E-state index in [4.69, 9.17) is 4.74 Å². The number of nitrogens with zero attached hydrogens (tertiary/aromatic N) is 1. The van der Waals surface area contributed by atoms with E-state index in [0.717, 1.165) is 19.0 Å². The first-order chi connectivity index (χ1) is 15.2. The first kappa shape index (κ1) is 24.1. The number of hydrogen-bond acceptors (Lipinski definition) is 5. The van der Waals surface area contributed by atoms with E-state index in [0.29, 0.717) is 29.1 Å². The summed E-state index contributed by atoms with van der Waals surface area (Å²) in [4.78, 5) is 15.2. The summed E-state index contributed by atoms with van der Waals surface area (Å²) in [7, 11) is -2.42. The Morgan fingerprint density at radius 1 is 1.19 bits per heavy atom. The number of carbonyl (C=O) groups excluding carboxylic acids is 1. The highest BCUT2D eigenvalue weighted by molar-refractivity contribution is 7.92. The lowest BCUT2D eigenvalue weighted by molar-refractivity contribution is 0.0921. The molecule has 1 atom stereocenters. The van der Waals surface area contributed by atoms with Crippen molar-refractivity contribution in [2.24, 2.45) is 5.92 Å². The zero-order chi connectivity index (χ0) is 23.3. The second kappa shape index (κ2) is 10.4. The van der Waals surface area contributed by atoms with Crippen LogP contribution in [0.15, 0.2) is 47.4 Å². The molecule has 1 heterocycles. The second-order valence-corrected chi connectivity index (χ2v) is 10.2. The highest BCUT2D eigenvalue weighted by Gasteiger charge is 2.23. The van der Waals surface area contributed by atoms with Gasteiger partial charge in [-0.3, -0.25) is 14.4 Å². The Morgan fingerprint density at radius 3 is 2.56 bits per heavy atom. The Kier molecular flexibility index (Phi) is 7.79. The Balaban J connectivity index is 1.71. The number of benzene rings is 2.